The lowest BCUT2D eigenvalue weighted by molar-refractivity contribution is 0.414. The number of anilines is 1. The van der Waals surface area contributed by atoms with Crippen LogP contribution >= 0.6 is 0 Å². The number of aryl methyl sites for hydroxylation is 1. The molecule has 112 valence electrons. The van der Waals surface area contributed by atoms with Crippen LogP contribution in [0.3, 0.4) is 0 Å². The summed E-state index contributed by atoms with van der Waals surface area (Å²) in [6.45, 7) is 1.43. The van der Waals surface area contributed by atoms with Crippen molar-refractivity contribution in [2.75, 3.05) is 12.4 Å². The molecule has 0 amide bonds. The summed E-state index contributed by atoms with van der Waals surface area (Å²) in [4.78, 5) is -0.349. The summed E-state index contributed by atoms with van der Waals surface area (Å²) in [6, 6.07) is 7.18. The molecule has 0 heterocycles. The molecule has 0 saturated carbocycles. The number of ether oxygens (including phenoxy) is 1. The average molecular weight is 318 g/mol. The minimum absolute atomic E-state index is 0.0150. The van der Waals surface area contributed by atoms with Crippen LogP contribution in [0.2, 0.25) is 0 Å². The van der Waals surface area contributed by atoms with E-state index >= 15 is 0 Å². The number of hydrogen-bond acceptors (Lipinski definition) is 7. The number of rotatable bonds is 4. The van der Waals surface area contributed by atoms with Crippen molar-refractivity contribution in [1.82, 2.24) is 0 Å². The molecular formula is C13H10N4O4S. The number of nitrogens with zero attached hydrogens (tertiary/aromatic N) is 3. The van der Waals surface area contributed by atoms with Crippen LogP contribution in [0, 0.1) is 40.9 Å². The van der Waals surface area contributed by atoms with Crippen molar-refractivity contribution in [1.29, 1.82) is 15.8 Å². The molecule has 0 radical (unpaired) electrons. The molecule has 0 fully saturated rings. The maximum atomic E-state index is 11.2. The van der Waals surface area contributed by atoms with Crippen molar-refractivity contribution < 1.29 is 17.7 Å². The van der Waals surface area contributed by atoms with Crippen LogP contribution in [0.5, 0.6) is 5.75 Å². The molecule has 1 rings (SSSR count). The smallest absolute Gasteiger partial charge is 0.294 e. The van der Waals surface area contributed by atoms with Crippen molar-refractivity contribution in [3.63, 3.8) is 0 Å². The number of nitriles is 3. The molecule has 0 spiro atoms. The van der Waals surface area contributed by atoms with Gasteiger partial charge >= 0.3 is 0 Å². The van der Waals surface area contributed by atoms with Crippen LogP contribution in [0.4, 0.5) is 5.69 Å². The Morgan fingerprint density at radius 1 is 1.23 bits per heavy atom. The van der Waals surface area contributed by atoms with Crippen molar-refractivity contribution in [3.8, 4) is 24.0 Å². The Morgan fingerprint density at radius 3 is 2.23 bits per heavy atom. The number of nitrogens with one attached hydrogen (secondary N) is 1. The van der Waals surface area contributed by atoms with Gasteiger partial charge in [0.15, 0.2) is 5.57 Å². The van der Waals surface area contributed by atoms with Crippen LogP contribution in [-0.2, 0) is 10.1 Å². The van der Waals surface area contributed by atoms with E-state index in [0.717, 1.165) is 6.07 Å². The Bertz CT molecular complexity index is 851. The summed E-state index contributed by atoms with van der Waals surface area (Å²) in [5.41, 5.74) is -0.367. The molecule has 22 heavy (non-hydrogen) atoms. The SMILES string of the molecule is COc1cc(S(=O)(=O)O)c(C)cc1NC(C#N)=C(C#N)C#N. The maximum absolute atomic E-state index is 11.2. The van der Waals surface area contributed by atoms with Crippen molar-refractivity contribution in [2.24, 2.45) is 0 Å². The summed E-state index contributed by atoms with van der Waals surface area (Å²) < 4.78 is 36.6. The standard InChI is InChI=1S/C13H10N4O4S/c1-8-3-10(17-11(7-16)9(5-14)6-15)12(21-2)4-13(8)22(18,19)20/h3-4,17H,1-2H3,(H,18,19,20). The Labute approximate surface area is 127 Å². The van der Waals surface area contributed by atoms with Gasteiger partial charge in [0.2, 0.25) is 0 Å². The first-order valence-electron chi connectivity index (χ1n) is 5.66. The van der Waals surface area contributed by atoms with E-state index in [1.807, 2.05) is 0 Å². The van der Waals surface area contributed by atoms with Crippen molar-refractivity contribution >= 4 is 15.8 Å². The van der Waals surface area contributed by atoms with Gasteiger partial charge in [0, 0.05) is 6.07 Å². The molecule has 0 atom stereocenters. The summed E-state index contributed by atoms with van der Waals surface area (Å²) in [5.74, 6) is 0.0150. The second-order valence-corrected chi connectivity index (χ2v) is 5.39. The highest BCUT2D eigenvalue weighted by Gasteiger charge is 2.18. The van der Waals surface area contributed by atoms with E-state index in [1.54, 1.807) is 18.2 Å². The molecule has 0 saturated heterocycles. The van der Waals surface area contributed by atoms with Gasteiger partial charge in [-0.3, -0.25) is 4.55 Å². The van der Waals surface area contributed by atoms with E-state index in [0.29, 0.717) is 0 Å². The fraction of sp³-hybridized carbons (Fsp3) is 0.154. The topological polar surface area (TPSA) is 147 Å². The van der Waals surface area contributed by atoms with E-state index in [2.05, 4.69) is 5.32 Å². The summed E-state index contributed by atoms with van der Waals surface area (Å²) in [7, 11) is -3.17. The number of methoxy groups -OCH3 is 1. The summed E-state index contributed by atoms with van der Waals surface area (Å²) in [5, 5.41) is 29.1. The molecule has 2 N–H and O–H groups in total. The fourth-order valence-corrected chi connectivity index (χ4v) is 2.35. The minimum atomic E-state index is -4.43. The van der Waals surface area contributed by atoms with E-state index in [1.165, 1.54) is 20.1 Å². The third-order valence-electron chi connectivity index (χ3n) is 2.62. The van der Waals surface area contributed by atoms with Gasteiger partial charge in [-0.15, -0.1) is 0 Å². The van der Waals surface area contributed by atoms with Gasteiger partial charge in [-0.1, -0.05) is 0 Å². The molecule has 0 aliphatic heterocycles. The first-order chi connectivity index (χ1) is 10.3. The van der Waals surface area contributed by atoms with Gasteiger partial charge in [0.1, 0.15) is 34.5 Å². The highest BCUT2D eigenvalue weighted by Crippen LogP contribution is 2.31. The van der Waals surface area contributed by atoms with Gasteiger partial charge in [-0.05, 0) is 18.6 Å². The lowest BCUT2D eigenvalue weighted by atomic mass is 10.2. The second kappa shape index (κ2) is 6.59. The molecule has 8 nitrogen and oxygen atoms in total. The predicted octanol–water partition coefficient (Wildman–Crippen LogP) is 1.49. The normalized spacial score (nSPS) is 9.82. The minimum Gasteiger partial charge on any atom is -0.495 e. The lowest BCUT2D eigenvalue weighted by Crippen LogP contribution is -2.06. The molecule has 0 aliphatic rings. The third kappa shape index (κ3) is 3.53. The van der Waals surface area contributed by atoms with Crippen molar-refractivity contribution in [3.05, 3.63) is 29.0 Å². The molecule has 1 aromatic carbocycles. The monoisotopic (exact) mass is 318 g/mol. The Morgan fingerprint density at radius 2 is 1.82 bits per heavy atom. The first-order valence-corrected chi connectivity index (χ1v) is 7.10. The highest BCUT2D eigenvalue weighted by molar-refractivity contribution is 7.85. The molecule has 1 aromatic rings. The zero-order valence-electron chi connectivity index (χ0n) is 11.6. The summed E-state index contributed by atoms with van der Waals surface area (Å²) in [6.07, 6.45) is 0. The Balaban J connectivity index is 3.50. The van der Waals surface area contributed by atoms with Gasteiger partial charge in [-0.2, -0.15) is 24.2 Å². The zero-order chi connectivity index (χ0) is 16.9. The van der Waals surface area contributed by atoms with E-state index in [4.69, 9.17) is 25.1 Å². The number of allylic oxidation sites excluding steroid dienone is 2. The maximum Gasteiger partial charge on any atom is 0.294 e. The van der Waals surface area contributed by atoms with Crippen LogP contribution in [0.15, 0.2) is 28.3 Å². The Kier molecular flexibility index (Phi) is 5.09. The zero-order valence-corrected chi connectivity index (χ0v) is 12.4. The summed E-state index contributed by atoms with van der Waals surface area (Å²) >= 11 is 0. The lowest BCUT2D eigenvalue weighted by Gasteiger charge is -2.13. The van der Waals surface area contributed by atoms with Gasteiger partial charge in [0.05, 0.1) is 12.8 Å². The van der Waals surface area contributed by atoms with E-state index in [9.17, 15) is 8.42 Å². The molecule has 9 heteroatoms. The average Bonchev–Trinajstić information content (AvgIpc) is 2.46. The second-order valence-electron chi connectivity index (χ2n) is 4.00. The van der Waals surface area contributed by atoms with Gasteiger partial charge in [-0.25, -0.2) is 0 Å². The number of hydrogen-bond donors (Lipinski definition) is 2. The van der Waals surface area contributed by atoms with Crippen LogP contribution < -0.4 is 10.1 Å². The van der Waals surface area contributed by atoms with Crippen LogP contribution in [0.25, 0.3) is 0 Å². The molecular weight excluding hydrogens is 308 g/mol. The Hall–Kier alpha value is -3.06. The van der Waals surface area contributed by atoms with Crippen LogP contribution in [0.1, 0.15) is 5.56 Å². The van der Waals surface area contributed by atoms with E-state index < -0.39 is 15.7 Å². The molecule has 0 aliphatic carbocycles. The quantitative estimate of drug-likeness (QED) is 0.626. The fourth-order valence-electron chi connectivity index (χ4n) is 1.63. The molecule has 0 unspecified atom stereocenters. The van der Waals surface area contributed by atoms with Gasteiger partial charge < -0.3 is 10.1 Å². The molecule has 0 bridgehead atoms. The van der Waals surface area contributed by atoms with Gasteiger partial charge in [0.25, 0.3) is 10.1 Å². The third-order valence-corrected chi connectivity index (χ3v) is 3.62. The van der Waals surface area contributed by atoms with Crippen molar-refractivity contribution in [2.45, 2.75) is 11.8 Å². The highest BCUT2D eigenvalue weighted by atomic mass is 32.2. The predicted molar refractivity (Wildman–Crippen MR) is 75.0 cm³/mol. The van der Waals surface area contributed by atoms with Crippen LogP contribution in [-0.4, -0.2) is 20.1 Å². The van der Waals surface area contributed by atoms with E-state index in [-0.39, 0.29) is 27.6 Å². The largest absolute Gasteiger partial charge is 0.495 e. The first kappa shape index (κ1) is 17.0. The molecule has 0 aromatic heterocycles. The number of benzene rings is 1.